The van der Waals surface area contributed by atoms with Gasteiger partial charge in [-0.3, -0.25) is 14.6 Å². The second-order valence-electron chi connectivity index (χ2n) is 7.14. The standard InChI is InChI=1S/C20H23N5O3/c1-13(25-19(27)16-7-3-2-6-15(16)11-22-25)17-9-18(26)24-20(23-17)21-10-14-5-4-8-28-12-14/h2-3,6-7,9,11,13-14H,4-5,8,10,12H2,1H3,(H2,21,23,24,26)/t13-,14-/m1/s1. The van der Waals surface area contributed by atoms with E-state index in [0.717, 1.165) is 24.8 Å². The van der Waals surface area contributed by atoms with Crippen LogP contribution in [0.2, 0.25) is 0 Å². The number of fused-ring (bicyclic) bond motifs is 1. The van der Waals surface area contributed by atoms with Gasteiger partial charge in [0.1, 0.15) is 0 Å². The van der Waals surface area contributed by atoms with Gasteiger partial charge in [-0.1, -0.05) is 18.2 Å². The maximum Gasteiger partial charge on any atom is 0.275 e. The second kappa shape index (κ2) is 7.93. The van der Waals surface area contributed by atoms with Crippen LogP contribution < -0.4 is 16.4 Å². The van der Waals surface area contributed by atoms with E-state index in [-0.39, 0.29) is 11.1 Å². The summed E-state index contributed by atoms with van der Waals surface area (Å²) in [7, 11) is 0. The molecule has 1 aromatic carbocycles. The van der Waals surface area contributed by atoms with Crippen LogP contribution >= 0.6 is 0 Å². The Morgan fingerprint density at radius 2 is 2.21 bits per heavy atom. The predicted molar refractivity (Wildman–Crippen MR) is 107 cm³/mol. The highest BCUT2D eigenvalue weighted by atomic mass is 16.5. The molecule has 4 rings (SSSR count). The first kappa shape index (κ1) is 18.4. The molecule has 28 heavy (non-hydrogen) atoms. The maximum absolute atomic E-state index is 12.8. The minimum absolute atomic E-state index is 0.207. The van der Waals surface area contributed by atoms with Crippen molar-refractivity contribution in [3.05, 3.63) is 62.9 Å². The molecule has 1 aliphatic heterocycles. The van der Waals surface area contributed by atoms with Gasteiger partial charge >= 0.3 is 0 Å². The van der Waals surface area contributed by atoms with Crippen molar-refractivity contribution in [2.75, 3.05) is 25.1 Å². The smallest absolute Gasteiger partial charge is 0.275 e. The number of nitrogens with zero attached hydrogens (tertiary/aromatic N) is 3. The van der Waals surface area contributed by atoms with Crippen LogP contribution in [0, 0.1) is 5.92 Å². The van der Waals surface area contributed by atoms with Gasteiger partial charge in [0.2, 0.25) is 5.95 Å². The lowest BCUT2D eigenvalue weighted by Crippen LogP contribution is -2.29. The number of ether oxygens (including phenoxy) is 1. The predicted octanol–water partition coefficient (Wildman–Crippen LogP) is 1.93. The summed E-state index contributed by atoms with van der Waals surface area (Å²) < 4.78 is 6.85. The van der Waals surface area contributed by atoms with Crippen molar-refractivity contribution >= 4 is 16.7 Å². The average Bonchev–Trinajstić information content (AvgIpc) is 2.73. The molecule has 3 aromatic rings. The lowest BCUT2D eigenvalue weighted by atomic mass is 10.0. The van der Waals surface area contributed by atoms with Crippen molar-refractivity contribution < 1.29 is 4.74 Å². The van der Waals surface area contributed by atoms with Gasteiger partial charge in [0, 0.05) is 24.6 Å². The Kier molecular flexibility index (Phi) is 5.21. The van der Waals surface area contributed by atoms with Crippen LogP contribution in [-0.2, 0) is 4.74 Å². The molecule has 2 aromatic heterocycles. The Morgan fingerprint density at radius 3 is 3.04 bits per heavy atom. The largest absolute Gasteiger partial charge is 0.381 e. The Morgan fingerprint density at radius 1 is 1.36 bits per heavy atom. The highest BCUT2D eigenvalue weighted by Crippen LogP contribution is 2.16. The van der Waals surface area contributed by atoms with Crippen molar-refractivity contribution in [3.8, 4) is 0 Å². The number of nitrogens with one attached hydrogen (secondary N) is 2. The molecule has 3 heterocycles. The zero-order valence-corrected chi connectivity index (χ0v) is 15.7. The Labute approximate surface area is 161 Å². The number of benzene rings is 1. The monoisotopic (exact) mass is 381 g/mol. The van der Waals surface area contributed by atoms with Gasteiger partial charge in [0.05, 0.1) is 29.9 Å². The summed E-state index contributed by atoms with van der Waals surface area (Å²) in [5, 5.41) is 8.84. The quantitative estimate of drug-likeness (QED) is 0.700. The number of rotatable bonds is 5. The Balaban J connectivity index is 1.60. The average molecular weight is 381 g/mol. The van der Waals surface area contributed by atoms with E-state index in [4.69, 9.17) is 4.74 Å². The van der Waals surface area contributed by atoms with Crippen LogP contribution in [0.4, 0.5) is 5.95 Å². The molecule has 0 aliphatic carbocycles. The highest BCUT2D eigenvalue weighted by Gasteiger charge is 2.17. The summed E-state index contributed by atoms with van der Waals surface area (Å²) in [6, 6.07) is 8.24. The molecule has 2 N–H and O–H groups in total. The molecular weight excluding hydrogens is 358 g/mol. The van der Waals surface area contributed by atoms with Gasteiger partial charge in [-0.2, -0.15) is 5.10 Å². The topological polar surface area (TPSA) is 102 Å². The molecule has 2 atom stereocenters. The summed E-state index contributed by atoms with van der Waals surface area (Å²) in [5.74, 6) is 0.790. The fourth-order valence-electron chi connectivity index (χ4n) is 3.49. The third-order valence-electron chi connectivity index (χ3n) is 5.09. The number of hydrogen-bond donors (Lipinski definition) is 2. The first-order valence-corrected chi connectivity index (χ1v) is 9.51. The van der Waals surface area contributed by atoms with Crippen molar-refractivity contribution in [2.24, 2.45) is 5.92 Å². The fraction of sp³-hybridized carbons (Fsp3) is 0.400. The van der Waals surface area contributed by atoms with E-state index in [1.807, 2.05) is 25.1 Å². The molecule has 8 nitrogen and oxygen atoms in total. The third-order valence-corrected chi connectivity index (χ3v) is 5.09. The molecule has 0 spiro atoms. The molecule has 0 bridgehead atoms. The van der Waals surface area contributed by atoms with Crippen LogP contribution in [0.5, 0.6) is 0 Å². The van der Waals surface area contributed by atoms with Crippen LogP contribution in [0.15, 0.2) is 46.1 Å². The molecule has 1 saturated heterocycles. The number of aromatic nitrogens is 4. The van der Waals surface area contributed by atoms with E-state index in [1.54, 1.807) is 12.3 Å². The van der Waals surface area contributed by atoms with Gasteiger partial charge in [-0.15, -0.1) is 0 Å². The van der Waals surface area contributed by atoms with Crippen LogP contribution in [-0.4, -0.2) is 39.5 Å². The molecule has 0 saturated carbocycles. The molecule has 1 aliphatic rings. The summed E-state index contributed by atoms with van der Waals surface area (Å²) in [4.78, 5) is 32.1. The van der Waals surface area contributed by atoms with E-state index in [0.29, 0.717) is 36.1 Å². The minimum Gasteiger partial charge on any atom is -0.381 e. The summed E-state index contributed by atoms with van der Waals surface area (Å²) in [6.07, 6.45) is 3.79. The molecule has 1 fully saturated rings. The van der Waals surface area contributed by atoms with E-state index in [2.05, 4.69) is 20.4 Å². The molecule has 0 radical (unpaired) electrons. The van der Waals surface area contributed by atoms with Crippen LogP contribution in [0.25, 0.3) is 10.8 Å². The van der Waals surface area contributed by atoms with Crippen molar-refractivity contribution in [3.63, 3.8) is 0 Å². The minimum atomic E-state index is -0.474. The summed E-state index contributed by atoms with van der Waals surface area (Å²) in [5.41, 5.74) is 0.00523. The van der Waals surface area contributed by atoms with Crippen molar-refractivity contribution in [1.82, 2.24) is 19.7 Å². The van der Waals surface area contributed by atoms with Crippen LogP contribution in [0.3, 0.4) is 0 Å². The lowest BCUT2D eigenvalue weighted by molar-refractivity contribution is 0.0594. The van der Waals surface area contributed by atoms with E-state index < -0.39 is 6.04 Å². The normalized spacial score (nSPS) is 18.1. The van der Waals surface area contributed by atoms with Gasteiger partial charge in [-0.05, 0) is 31.7 Å². The van der Waals surface area contributed by atoms with Crippen LogP contribution in [0.1, 0.15) is 31.5 Å². The zero-order valence-electron chi connectivity index (χ0n) is 15.7. The summed E-state index contributed by atoms with van der Waals surface area (Å²) >= 11 is 0. The molecule has 146 valence electrons. The molecule has 0 unspecified atom stereocenters. The van der Waals surface area contributed by atoms with Gasteiger partial charge < -0.3 is 10.1 Å². The number of H-pyrrole nitrogens is 1. The van der Waals surface area contributed by atoms with Gasteiger partial charge in [0.15, 0.2) is 0 Å². The van der Waals surface area contributed by atoms with E-state index >= 15 is 0 Å². The number of hydrogen-bond acceptors (Lipinski definition) is 6. The third kappa shape index (κ3) is 3.82. The van der Waals surface area contributed by atoms with E-state index in [9.17, 15) is 9.59 Å². The summed E-state index contributed by atoms with van der Waals surface area (Å²) in [6.45, 7) is 4.01. The molecule has 8 heteroatoms. The SMILES string of the molecule is C[C@H](c1cc(=O)[nH]c(NC[C@H]2CCCOC2)n1)n1ncc2ccccc2c1=O. The van der Waals surface area contributed by atoms with Crippen molar-refractivity contribution in [1.29, 1.82) is 0 Å². The Bertz CT molecular complexity index is 1080. The highest BCUT2D eigenvalue weighted by molar-refractivity contribution is 5.80. The first-order chi connectivity index (χ1) is 13.6. The molecular formula is C20H23N5O3. The number of aromatic amines is 1. The van der Waals surface area contributed by atoms with Gasteiger partial charge in [-0.25, -0.2) is 9.67 Å². The lowest BCUT2D eigenvalue weighted by Gasteiger charge is -2.22. The van der Waals surface area contributed by atoms with E-state index in [1.165, 1.54) is 10.7 Å². The fourth-order valence-corrected chi connectivity index (χ4v) is 3.49. The first-order valence-electron chi connectivity index (χ1n) is 9.51. The van der Waals surface area contributed by atoms with Gasteiger partial charge in [0.25, 0.3) is 11.1 Å². The van der Waals surface area contributed by atoms with Crippen molar-refractivity contribution in [2.45, 2.75) is 25.8 Å². The zero-order chi connectivity index (χ0) is 19.5. The molecule has 0 amide bonds. The Hall–Kier alpha value is -3.00. The maximum atomic E-state index is 12.8. The number of anilines is 1. The second-order valence-corrected chi connectivity index (χ2v) is 7.14.